The Labute approximate surface area is 830 Å². The summed E-state index contributed by atoms with van der Waals surface area (Å²) in [5.41, 5.74) is 27.3. The molecule has 21 N–H and O–H groups in total. The fourth-order valence-corrected chi connectivity index (χ4v) is 19.0. The number of carbonyl (C=O) groups excluding carboxylic acids is 17. The zero-order valence-electron chi connectivity index (χ0n) is 81.1. The first-order valence-electron chi connectivity index (χ1n) is 47.8. The van der Waals surface area contributed by atoms with Crippen molar-refractivity contribution in [3.05, 3.63) is 137 Å². The number of nitrogens with zero attached hydrogens (tertiary/aromatic N) is 6. The van der Waals surface area contributed by atoms with Crippen molar-refractivity contribution in [3.8, 4) is 11.6 Å². The van der Waals surface area contributed by atoms with E-state index in [-0.39, 0.29) is 114 Å². The second-order valence-electron chi connectivity index (χ2n) is 37.0. The van der Waals surface area contributed by atoms with Gasteiger partial charge in [-0.05, 0) is 139 Å². The van der Waals surface area contributed by atoms with Crippen molar-refractivity contribution in [2.75, 3.05) is 65.4 Å². The highest BCUT2D eigenvalue weighted by molar-refractivity contribution is 9.10. The Kier molecular flexibility index (Phi) is 40.3. The Morgan fingerprint density at radius 1 is 0.546 bits per heavy atom. The van der Waals surface area contributed by atoms with Gasteiger partial charge in [-0.25, -0.2) is 4.98 Å². The quantitative estimate of drug-likeness (QED) is 0.0366. The summed E-state index contributed by atoms with van der Waals surface area (Å²) in [5.74, 6) is -16.8. The van der Waals surface area contributed by atoms with Gasteiger partial charge in [-0.2, -0.15) is 0 Å². The van der Waals surface area contributed by atoms with Crippen LogP contribution in [-0.2, 0) is 101 Å². The maximum Gasteiger partial charge on any atom is 0.246 e. The largest absolute Gasteiger partial charge is 0.508 e. The van der Waals surface area contributed by atoms with Crippen molar-refractivity contribution < 1.29 is 91.4 Å². The van der Waals surface area contributed by atoms with Crippen LogP contribution in [0.15, 0.2) is 120 Å². The minimum atomic E-state index is -1.77. The number of phenolic OH excluding ortho intramolecular Hbond substituents is 1. The van der Waals surface area contributed by atoms with Gasteiger partial charge in [0.25, 0.3) is 0 Å². The molecule has 3 aromatic heterocycles. The third-order valence-corrected chi connectivity index (χ3v) is 27.1. The number of fused-ring (bicyclic) bond motifs is 5. The van der Waals surface area contributed by atoms with Crippen LogP contribution in [-0.4, -0.2) is 301 Å². The highest BCUT2D eigenvalue weighted by Gasteiger charge is 2.48. The van der Waals surface area contributed by atoms with E-state index >= 15 is 33.6 Å². The predicted molar refractivity (Wildman–Crippen MR) is 531 cm³/mol. The van der Waals surface area contributed by atoms with Gasteiger partial charge in [0.15, 0.2) is 0 Å². The lowest BCUT2D eigenvalue weighted by atomic mass is 9.99. The fraction of sp³-hybridized carbons (Fsp3) is 0.510. The van der Waals surface area contributed by atoms with E-state index in [2.05, 4.69) is 79.1 Å². The highest BCUT2D eigenvalue weighted by Crippen LogP contribution is 2.33. The fourth-order valence-electron chi connectivity index (χ4n) is 17.7. The monoisotopic (exact) mass is 2030 g/mol. The number of nitrogens with two attached hydrogens (primary N) is 4. The number of aromatic hydroxyl groups is 1. The summed E-state index contributed by atoms with van der Waals surface area (Å²) in [6, 6.07) is 8.03. The van der Waals surface area contributed by atoms with Crippen molar-refractivity contribution in [3.63, 3.8) is 0 Å². The SMILES string of the molecule is CCCC[C@H]1C(=O)N(C)[C@@H](CCCC)C(=O)N[C@@H](CC(C)C)C(=O)N[C@H](C(=O)NCC(N)=O)CSCC(=O)N[C@@H](Cc2ccc(O)cc2)C(=O)N(C)[C@@H](C)C(=O)N[C@@H](CC(N)=O)C(=O)N2CCC[C@H]2C(=O)N[C@@H](CN)C(=O)N[C@@H](CC(C)C)C(=O)N2C[C@H](Oc3nc4ccccc4cc3Br)C[C@H]2C(=O)N[C@@H](Cc2c[nH]c3ccccc23)C(=O)N[C@@H](CCN)C(=O)N[C@@H](Cc2c[nH]c3ccccc23)C(=O)N1C. The number of aromatic nitrogens is 3. The van der Waals surface area contributed by atoms with Gasteiger partial charge in [0.1, 0.15) is 96.4 Å². The number of para-hydroxylation sites is 3. The molecule has 43 heteroatoms. The van der Waals surface area contributed by atoms with E-state index in [1.165, 1.54) is 67.0 Å². The zero-order valence-corrected chi connectivity index (χ0v) is 83.5. The second-order valence-corrected chi connectivity index (χ2v) is 38.9. The smallest absolute Gasteiger partial charge is 0.246 e. The zero-order chi connectivity index (χ0) is 103. The van der Waals surface area contributed by atoms with Gasteiger partial charge in [0, 0.05) is 105 Å². The Morgan fingerprint density at radius 3 is 1.70 bits per heavy atom. The standard InChI is InChI=1S/C98H133BrN22O19S/c1-11-13-28-77-90(132)109-69(38-53(3)4)87(129)115-76(85(127)106-49-82(103)124)51-141-52-83(125)107-72(40-56-31-33-60(122)34-32-56)94(135)117(8)55(7)84(126)111-74(45-81(102)123)96(137)120-37-21-30-78(120)91(133)114-75(46-101)89(131)112-71(39-54(5)6)97(138)121-50-61(140-93-64(99)41-57-22-15-18-25-65(57)116-93)44-80(121)92(134)110-70(42-58-47-104-66-26-19-16-23-62(58)66)88(130)108-68(35-36-100)86(128)113-73(43-59-48-105-67-27-20-17-24-63(59)67)95(136)119(10)79(29-14-12-2)98(139)118(77)9/h15-20,22-27,31-34,41,47-48,53-55,61,68-80,104-105,122H,11-14,21,28-30,35-40,42-46,49-52,100-101H2,1-10H3,(H2,102,123)(H2,103,124)(H,106,127)(H,107,125)(H,108,130)(H,109,132)(H,110,134)(H,111,126)(H,112,131)(H,113,128)(H,114,133)(H,115,129)/t55-,61+,68-,69-,70-,71-,72-,73-,74-,75-,76-,77-,78-,79-,80-/m0/s1. The average molecular weight is 2040 g/mol. The molecular formula is C98H133BrN22O19S. The lowest BCUT2D eigenvalue weighted by Crippen LogP contribution is -2.62. The maximum atomic E-state index is 16.0. The maximum absolute atomic E-state index is 16.0. The van der Waals surface area contributed by atoms with Gasteiger partial charge in [-0.3, -0.25) is 81.5 Å². The molecule has 0 unspecified atom stereocenters. The topological polar surface area (TPSA) is 605 Å². The number of amides is 17. The van der Waals surface area contributed by atoms with Crippen molar-refractivity contribution in [1.82, 2.24) is 92.6 Å². The number of likely N-dealkylation sites (N-methyl/N-ethyl adjacent to an activating group) is 3. The number of pyridine rings is 1. The third-order valence-electron chi connectivity index (χ3n) is 25.5. The molecule has 141 heavy (non-hydrogen) atoms. The Hall–Kier alpha value is -13.3. The molecule has 10 rings (SSSR count). The number of halogens is 1. The summed E-state index contributed by atoms with van der Waals surface area (Å²) >= 11 is 4.40. The first-order valence-corrected chi connectivity index (χ1v) is 49.7. The molecule has 3 saturated heterocycles. The van der Waals surface area contributed by atoms with Gasteiger partial charge in [0.05, 0.1) is 35.3 Å². The molecule has 15 atom stereocenters. The predicted octanol–water partition coefficient (Wildman–Crippen LogP) is 1.60. The van der Waals surface area contributed by atoms with Crippen molar-refractivity contribution in [2.45, 2.75) is 242 Å². The van der Waals surface area contributed by atoms with Gasteiger partial charge in [-0.15, -0.1) is 11.8 Å². The van der Waals surface area contributed by atoms with E-state index in [9.17, 15) is 53.1 Å². The molecule has 6 heterocycles. The number of thioether (sulfide) groups is 1. The molecule has 3 fully saturated rings. The number of benzene rings is 4. The summed E-state index contributed by atoms with van der Waals surface area (Å²) in [7, 11) is 4.04. The summed E-state index contributed by atoms with van der Waals surface area (Å²) in [4.78, 5) is 270. The number of hydrogen-bond donors (Lipinski definition) is 17. The second kappa shape index (κ2) is 51.7. The minimum absolute atomic E-state index is 0.0113. The molecule has 0 aliphatic carbocycles. The molecule has 4 aromatic carbocycles. The molecule has 7 aromatic rings. The molecule has 41 nitrogen and oxygen atoms in total. The van der Waals surface area contributed by atoms with E-state index < -0.39 is 222 Å². The lowest BCUT2D eigenvalue weighted by molar-refractivity contribution is -0.149. The third kappa shape index (κ3) is 29.7. The summed E-state index contributed by atoms with van der Waals surface area (Å²) < 4.78 is 7.06. The molecule has 0 bridgehead atoms. The number of rotatable bonds is 26. The molecule has 17 amide bonds. The van der Waals surface area contributed by atoms with Crippen LogP contribution in [0, 0.1) is 11.8 Å². The van der Waals surface area contributed by atoms with Crippen LogP contribution in [0.25, 0.3) is 32.7 Å². The average Bonchev–Trinajstić information content (AvgIpc) is 1.75. The van der Waals surface area contributed by atoms with Crippen LogP contribution in [0.4, 0.5) is 0 Å². The first-order chi connectivity index (χ1) is 67.2. The molecule has 0 radical (unpaired) electrons. The van der Waals surface area contributed by atoms with Gasteiger partial charge >= 0.3 is 0 Å². The van der Waals surface area contributed by atoms with Crippen LogP contribution in [0.3, 0.4) is 0 Å². The summed E-state index contributed by atoms with van der Waals surface area (Å²) in [5, 5.41) is 39.5. The van der Waals surface area contributed by atoms with Crippen LogP contribution < -0.4 is 80.8 Å². The van der Waals surface area contributed by atoms with Crippen LogP contribution in [0.5, 0.6) is 11.6 Å². The number of carbonyl (C=O) groups is 17. The molecule has 3 aliphatic heterocycles. The first kappa shape index (κ1) is 110. The Bertz CT molecular complexity index is 5660. The number of ether oxygens (including phenoxy) is 1. The van der Waals surface area contributed by atoms with Crippen LogP contribution in [0.2, 0.25) is 0 Å². The highest BCUT2D eigenvalue weighted by atomic mass is 79.9. The summed E-state index contributed by atoms with van der Waals surface area (Å²) in [6.45, 7) is 10.2. The number of hydrogen-bond acceptors (Lipinski definition) is 23. The summed E-state index contributed by atoms with van der Waals surface area (Å²) in [6.07, 6.45) is 2.22. The Morgan fingerprint density at radius 2 is 1.07 bits per heavy atom. The lowest BCUT2D eigenvalue weighted by Gasteiger charge is -2.36. The van der Waals surface area contributed by atoms with E-state index in [4.69, 9.17) is 32.7 Å². The van der Waals surface area contributed by atoms with E-state index in [1.54, 1.807) is 94.7 Å². The molecule has 0 spiro atoms. The van der Waals surface area contributed by atoms with Crippen molar-refractivity contribution in [2.24, 2.45) is 34.8 Å². The number of phenols is 1. The molecule has 0 saturated carbocycles. The molecular weight excluding hydrogens is 1900 g/mol. The van der Waals surface area contributed by atoms with Gasteiger partial charge in [0.2, 0.25) is 106 Å². The van der Waals surface area contributed by atoms with Crippen LogP contribution in [0.1, 0.15) is 149 Å². The minimum Gasteiger partial charge on any atom is -0.508 e. The van der Waals surface area contributed by atoms with Crippen molar-refractivity contribution >= 4 is 161 Å². The number of primary amides is 2. The number of unbranched alkanes of at least 4 members (excludes halogenated alkanes) is 2. The number of aromatic amines is 2. The Balaban J connectivity index is 1.04. The van der Waals surface area contributed by atoms with Crippen molar-refractivity contribution in [1.29, 1.82) is 0 Å². The normalized spacial score (nSPS) is 24.3. The molecule has 762 valence electrons. The number of H-pyrrole nitrogens is 2. The van der Waals surface area contributed by atoms with Crippen LogP contribution >= 0.6 is 27.7 Å². The van der Waals surface area contributed by atoms with E-state index in [0.29, 0.717) is 74.2 Å². The van der Waals surface area contributed by atoms with Gasteiger partial charge in [-0.1, -0.05) is 134 Å². The number of nitrogens with one attached hydrogen (secondary N) is 12. The van der Waals surface area contributed by atoms with Gasteiger partial charge < -0.3 is 120 Å². The van der Waals surface area contributed by atoms with E-state index in [0.717, 1.165) is 26.9 Å². The molecule has 3 aliphatic rings. The van der Waals surface area contributed by atoms with E-state index in [1.807, 2.05) is 38.1 Å².